The first kappa shape index (κ1) is 16.6. The summed E-state index contributed by atoms with van der Waals surface area (Å²) in [6.45, 7) is 3.02. The molecule has 0 radical (unpaired) electrons. The Bertz CT molecular complexity index is 546. The molecule has 1 saturated heterocycles. The van der Waals surface area contributed by atoms with Gasteiger partial charge in [0, 0.05) is 11.6 Å². The third kappa shape index (κ3) is 4.12. The van der Waals surface area contributed by atoms with Gasteiger partial charge in [-0.1, -0.05) is 23.7 Å². The van der Waals surface area contributed by atoms with Gasteiger partial charge in [0.25, 0.3) is 0 Å². The minimum absolute atomic E-state index is 0.430. The van der Waals surface area contributed by atoms with Crippen LogP contribution in [0.3, 0.4) is 0 Å². The molecular formula is C16H20ClN3O2. The molecule has 1 aromatic carbocycles. The molecule has 22 heavy (non-hydrogen) atoms. The van der Waals surface area contributed by atoms with E-state index in [4.69, 9.17) is 16.7 Å². The summed E-state index contributed by atoms with van der Waals surface area (Å²) in [6.07, 6.45) is 1.38. The molecule has 2 rings (SSSR count). The topological polar surface area (TPSA) is 76.4 Å². The second-order valence-electron chi connectivity index (χ2n) is 5.63. The van der Waals surface area contributed by atoms with Gasteiger partial charge in [-0.25, -0.2) is 4.79 Å². The maximum atomic E-state index is 10.4. The normalized spacial score (nSPS) is 17.6. The first-order valence-corrected chi connectivity index (χ1v) is 7.80. The number of rotatable bonds is 5. The van der Waals surface area contributed by atoms with Crippen molar-refractivity contribution in [3.8, 4) is 6.07 Å². The van der Waals surface area contributed by atoms with E-state index in [2.05, 4.69) is 16.3 Å². The molecule has 118 valence electrons. The van der Waals surface area contributed by atoms with Crippen LogP contribution in [0.1, 0.15) is 24.8 Å². The first-order valence-electron chi connectivity index (χ1n) is 7.42. The number of likely N-dealkylation sites (tertiary alicyclic amines) is 1. The molecule has 1 aliphatic heterocycles. The van der Waals surface area contributed by atoms with Crippen molar-refractivity contribution >= 4 is 17.7 Å². The Labute approximate surface area is 135 Å². The van der Waals surface area contributed by atoms with Crippen molar-refractivity contribution in [3.05, 3.63) is 34.9 Å². The van der Waals surface area contributed by atoms with E-state index in [0.717, 1.165) is 44.5 Å². The van der Waals surface area contributed by atoms with E-state index >= 15 is 0 Å². The molecule has 6 heteroatoms. The first-order chi connectivity index (χ1) is 10.6. The second-order valence-corrected chi connectivity index (χ2v) is 6.06. The number of piperidine rings is 1. The molecule has 0 aromatic heterocycles. The molecule has 0 aliphatic carbocycles. The summed E-state index contributed by atoms with van der Waals surface area (Å²) >= 11 is 5.92. The van der Waals surface area contributed by atoms with Gasteiger partial charge < -0.3 is 15.3 Å². The fourth-order valence-corrected chi connectivity index (χ4v) is 3.02. The molecule has 5 nitrogen and oxygen atoms in total. The van der Waals surface area contributed by atoms with E-state index in [1.165, 1.54) is 0 Å². The van der Waals surface area contributed by atoms with Crippen LogP contribution in [0.2, 0.25) is 5.02 Å². The summed E-state index contributed by atoms with van der Waals surface area (Å²) in [5.41, 5.74) is 0.604. The Hall–Kier alpha value is -1.77. The number of amides is 1. The molecule has 0 atom stereocenters. The summed E-state index contributed by atoms with van der Waals surface area (Å²) in [5.74, 6) is 0. The highest BCUT2D eigenvalue weighted by molar-refractivity contribution is 6.30. The number of hydrogen-bond acceptors (Lipinski definition) is 3. The van der Waals surface area contributed by atoms with Crippen LogP contribution >= 0.6 is 11.6 Å². The Kier molecular flexibility index (Phi) is 5.64. The Balaban J connectivity index is 1.87. The lowest BCUT2D eigenvalue weighted by Crippen LogP contribution is -2.42. The largest absolute Gasteiger partial charge is 0.465 e. The van der Waals surface area contributed by atoms with Crippen molar-refractivity contribution in [2.75, 3.05) is 26.2 Å². The molecule has 0 spiro atoms. The summed E-state index contributed by atoms with van der Waals surface area (Å²) in [5, 5.41) is 21.2. The molecule has 0 bridgehead atoms. The van der Waals surface area contributed by atoms with Crippen molar-refractivity contribution in [2.45, 2.75) is 24.7 Å². The van der Waals surface area contributed by atoms with E-state index in [1.807, 2.05) is 24.3 Å². The average molecular weight is 322 g/mol. The molecule has 1 amide bonds. The predicted octanol–water partition coefficient (Wildman–Crippen LogP) is 2.85. The van der Waals surface area contributed by atoms with Crippen LogP contribution < -0.4 is 5.32 Å². The lowest BCUT2D eigenvalue weighted by atomic mass is 9.74. The highest BCUT2D eigenvalue weighted by atomic mass is 35.5. The maximum Gasteiger partial charge on any atom is 0.404 e. The van der Waals surface area contributed by atoms with Gasteiger partial charge in [0.2, 0.25) is 0 Å². The molecule has 2 N–H and O–H groups in total. The van der Waals surface area contributed by atoms with Crippen molar-refractivity contribution in [3.63, 3.8) is 0 Å². The lowest BCUT2D eigenvalue weighted by Gasteiger charge is -2.37. The zero-order valence-electron chi connectivity index (χ0n) is 12.4. The minimum Gasteiger partial charge on any atom is -0.465 e. The number of nitrogens with one attached hydrogen (secondary N) is 1. The van der Waals surface area contributed by atoms with Crippen molar-refractivity contribution in [1.82, 2.24) is 10.2 Å². The summed E-state index contributed by atoms with van der Waals surface area (Å²) in [6, 6.07) is 10.0. The van der Waals surface area contributed by atoms with Gasteiger partial charge >= 0.3 is 6.09 Å². The smallest absolute Gasteiger partial charge is 0.404 e. The molecule has 1 heterocycles. The number of halogens is 1. The van der Waals surface area contributed by atoms with E-state index in [9.17, 15) is 10.1 Å². The average Bonchev–Trinajstić information content (AvgIpc) is 2.53. The Morgan fingerprint density at radius 2 is 2.00 bits per heavy atom. The van der Waals surface area contributed by atoms with Gasteiger partial charge in [0.05, 0.1) is 11.5 Å². The number of carbonyl (C=O) groups is 1. The van der Waals surface area contributed by atoms with Crippen LogP contribution in [0.4, 0.5) is 4.79 Å². The van der Waals surface area contributed by atoms with Crippen LogP contribution in [0.25, 0.3) is 0 Å². The fourth-order valence-electron chi connectivity index (χ4n) is 2.89. The highest BCUT2D eigenvalue weighted by Gasteiger charge is 2.36. The lowest BCUT2D eigenvalue weighted by molar-refractivity contribution is 0.179. The van der Waals surface area contributed by atoms with Gasteiger partial charge in [-0.15, -0.1) is 0 Å². The molecular weight excluding hydrogens is 302 g/mol. The number of hydrogen-bond donors (Lipinski definition) is 2. The Morgan fingerprint density at radius 3 is 2.55 bits per heavy atom. The minimum atomic E-state index is -0.982. The van der Waals surface area contributed by atoms with E-state index in [-0.39, 0.29) is 0 Å². The van der Waals surface area contributed by atoms with Crippen LogP contribution in [0.15, 0.2) is 24.3 Å². The number of benzene rings is 1. The molecule has 1 fully saturated rings. The highest BCUT2D eigenvalue weighted by Crippen LogP contribution is 2.35. The van der Waals surface area contributed by atoms with E-state index in [0.29, 0.717) is 11.6 Å². The third-order valence-corrected chi connectivity index (χ3v) is 4.50. The Morgan fingerprint density at radius 1 is 1.36 bits per heavy atom. The quantitative estimate of drug-likeness (QED) is 0.818. The molecule has 1 aliphatic rings. The molecule has 0 saturated carbocycles. The zero-order chi connectivity index (χ0) is 16.0. The number of nitriles is 1. The standard InChI is InChI=1S/C16H20ClN3O2/c17-14-4-2-13(3-5-14)16(12-18)6-10-20(11-7-16)9-1-8-19-15(21)22/h2-5,19H,1,6-11H2,(H,21,22). The van der Waals surface area contributed by atoms with Gasteiger partial charge in [0.15, 0.2) is 0 Å². The predicted molar refractivity (Wildman–Crippen MR) is 85.1 cm³/mol. The van der Waals surface area contributed by atoms with Gasteiger partial charge in [0.1, 0.15) is 0 Å². The second kappa shape index (κ2) is 7.48. The van der Waals surface area contributed by atoms with Crippen LogP contribution in [-0.4, -0.2) is 42.3 Å². The summed E-state index contributed by atoms with van der Waals surface area (Å²) in [4.78, 5) is 12.7. The monoisotopic (exact) mass is 321 g/mol. The maximum absolute atomic E-state index is 10.4. The van der Waals surface area contributed by atoms with Crippen molar-refractivity contribution in [1.29, 1.82) is 5.26 Å². The van der Waals surface area contributed by atoms with E-state index in [1.54, 1.807) is 0 Å². The number of nitrogens with zero attached hydrogens (tertiary/aromatic N) is 2. The number of carboxylic acid groups (broad SMARTS) is 1. The van der Waals surface area contributed by atoms with Gasteiger partial charge in [-0.05, 0) is 56.6 Å². The van der Waals surface area contributed by atoms with Crippen molar-refractivity contribution in [2.24, 2.45) is 0 Å². The zero-order valence-corrected chi connectivity index (χ0v) is 13.1. The summed E-state index contributed by atoms with van der Waals surface area (Å²) < 4.78 is 0. The fraction of sp³-hybridized carbons (Fsp3) is 0.500. The van der Waals surface area contributed by atoms with Crippen LogP contribution in [0, 0.1) is 11.3 Å². The van der Waals surface area contributed by atoms with Gasteiger partial charge in [-0.2, -0.15) is 5.26 Å². The molecule has 0 unspecified atom stereocenters. The van der Waals surface area contributed by atoms with Crippen LogP contribution in [-0.2, 0) is 5.41 Å². The van der Waals surface area contributed by atoms with E-state index < -0.39 is 11.5 Å². The third-order valence-electron chi connectivity index (χ3n) is 4.25. The SMILES string of the molecule is N#CC1(c2ccc(Cl)cc2)CCN(CCCNC(=O)O)CC1. The van der Waals surface area contributed by atoms with Crippen molar-refractivity contribution < 1.29 is 9.90 Å². The molecule has 1 aromatic rings. The van der Waals surface area contributed by atoms with Gasteiger partial charge in [-0.3, -0.25) is 0 Å². The van der Waals surface area contributed by atoms with Crippen LogP contribution in [0.5, 0.6) is 0 Å². The summed E-state index contributed by atoms with van der Waals surface area (Å²) in [7, 11) is 0.